The van der Waals surface area contributed by atoms with Gasteiger partial charge >= 0.3 is 0 Å². The maximum atomic E-state index is 6.12. The Morgan fingerprint density at radius 2 is 1.72 bits per heavy atom. The first kappa shape index (κ1) is 13.3. The van der Waals surface area contributed by atoms with E-state index in [1.165, 1.54) is 21.6 Å². The van der Waals surface area contributed by atoms with E-state index in [1.54, 1.807) is 11.3 Å². The minimum Gasteiger partial charge on any atom is -0.322 e. The summed E-state index contributed by atoms with van der Waals surface area (Å²) in [5, 5.41) is 2.16. The van der Waals surface area contributed by atoms with Gasteiger partial charge in [0, 0.05) is 10.4 Å². The highest BCUT2D eigenvalue weighted by Gasteiger charge is 2.16. The van der Waals surface area contributed by atoms with Gasteiger partial charge < -0.3 is 5.73 Å². The van der Waals surface area contributed by atoms with Crippen LogP contribution in [0.1, 0.15) is 44.7 Å². The summed E-state index contributed by atoms with van der Waals surface area (Å²) in [6.45, 7) is 8.52. The lowest BCUT2D eigenvalue weighted by molar-refractivity contribution is 0.557. The third-order valence-corrected chi connectivity index (χ3v) is 4.18. The predicted octanol–water partition coefficient (Wildman–Crippen LogP) is 4.73. The molecule has 1 aromatic carbocycles. The average molecular weight is 259 g/mol. The lowest BCUT2D eigenvalue weighted by atomic mass is 9.97. The number of hydrogen-bond donors (Lipinski definition) is 1. The first-order valence-electron chi connectivity index (χ1n) is 6.36. The molecule has 2 rings (SSSR count). The van der Waals surface area contributed by atoms with Crippen LogP contribution in [0.4, 0.5) is 0 Å². The number of nitrogens with two attached hydrogens (primary N) is 1. The molecule has 96 valence electrons. The number of hydrogen-bond acceptors (Lipinski definition) is 2. The van der Waals surface area contributed by atoms with Gasteiger partial charge in [-0.2, -0.15) is 0 Å². The molecule has 0 atom stereocenters. The molecule has 0 fully saturated rings. The highest BCUT2D eigenvalue weighted by atomic mass is 32.1. The molecule has 0 amide bonds. The molecular formula is C16H21NS. The van der Waals surface area contributed by atoms with E-state index in [0.29, 0.717) is 5.92 Å². The molecule has 0 aliphatic heterocycles. The molecule has 18 heavy (non-hydrogen) atoms. The van der Waals surface area contributed by atoms with Gasteiger partial charge in [0.1, 0.15) is 0 Å². The van der Waals surface area contributed by atoms with Gasteiger partial charge in [-0.1, -0.05) is 38.1 Å². The highest BCUT2D eigenvalue weighted by Crippen LogP contribution is 2.31. The van der Waals surface area contributed by atoms with Crippen molar-refractivity contribution < 1.29 is 0 Å². The van der Waals surface area contributed by atoms with Gasteiger partial charge in [-0.15, -0.1) is 11.3 Å². The van der Waals surface area contributed by atoms with Crippen LogP contribution >= 0.6 is 11.3 Å². The topological polar surface area (TPSA) is 26.0 Å². The summed E-state index contributed by atoms with van der Waals surface area (Å²) >= 11 is 1.76. The Morgan fingerprint density at radius 1 is 1.11 bits per heavy atom. The number of benzene rings is 1. The smallest absolute Gasteiger partial charge is 0.0360 e. The Labute approximate surface area is 114 Å². The molecular weight excluding hydrogens is 238 g/mol. The molecule has 2 heteroatoms. The molecule has 1 nitrogen and oxygen atoms in total. The molecule has 0 aliphatic rings. The van der Waals surface area contributed by atoms with Crippen molar-refractivity contribution in [1.29, 1.82) is 0 Å². The second-order valence-corrected chi connectivity index (χ2v) is 6.61. The van der Waals surface area contributed by atoms with Crippen molar-refractivity contribution in [3.8, 4) is 10.4 Å². The van der Waals surface area contributed by atoms with Crippen LogP contribution in [-0.2, 0) is 5.54 Å². The number of rotatable bonds is 3. The molecule has 0 saturated heterocycles. The first-order chi connectivity index (χ1) is 8.38. The lowest BCUT2D eigenvalue weighted by Crippen LogP contribution is -2.27. The second-order valence-electron chi connectivity index (χ2n) is 5.70. The molecule has 1 aromatic heterocycles. The standard InChI is InChI=1S/C16H21NS/c1-11(2)12-5-7-13(8-6-12)15-9-14(10-18-15)16(3,4)17/h5-11H,17H2,1-4H3. The Hall–Kier alpha value is -1.12. The maximum absolute atomic E-state index is 6.12. The molecule has 0 saturated carbocycles. The summed E-state index contributed by atoms with van der Waals surface area (Å²) in [7, 11) is 0. The molecule has 0 unspecified atom stereocenters. The predicted molar refractivity (Wildman–Crippen MR) is 81.1 cm³/mol. The summed E-state index contributed by atoms with van der Waals surface area (Å²) in [5.74, 6) is 0.584. The third kappa shape index (κ3) is 2.82. The van der Waals surface area contributed by atoms with Crippen LogP contribution in [-0.4, -0.2) is 0 Å². The number of thiophene rings is 1. The largest absolute Gasteiger partial charge is 0.322 e. The van der Waals surface area contributed by atoms with Crippen LogP contribution in [0.5, 0.6) is 0 Å². The minimum atomic E-state index is -0.257. The van der Waals surface area contributed by atoms with Crippen molar-refractivity contribution in [1.82, 2.24) is 0 Å². The fourth-order valence-electron chi connectivity index (χ4n) is 1.86. The monoisotopic (exact) mass is 259 g/mol. The van der Waals surface area contributed by atoms with Crippen molar-refractivity contribution in [2.75, 3.05) is 0 Å². The summed E-state index contributed by atoms with van der Waals surface area (Å²) in [4.78, 5) is 1.29. The van der Waals surface area contributed by atoms with Gasteiger partial charge in [0.2, 0.25) is 0 Å². The van der Waals surface area contributed by atoms with Crippen molar-refractivity contribution >= 4 is 11.3 Å². The van der Waals surface area contributed by atoms with Gasteiger partial charge in [0.25, 0.3) is 0 Å². The zero-order chi connectivity index (χ0) is 13.3. The molecule has 0 radical (unpaired) electrons. The first-order valence-corrected chi connectivity index (χ1v) is 7.24. The Kier molecular flexibility index (Phi) is 3.60. The Morgan fingerprint density at radius 3 is 2.17 bits per heavy atom. The van der Waals surface area contributed by atoms with E-state index in [2.05, 4.69) is 49.6 Å². The summed E-state index contributed by atoms with van der Waals surface area (Å²) < 4.78 is 0. The second kappa shape index (κ2) is 4.87. The average Bonchev–Trinajstić information content (AvgIpc) is 2.78. The fourth-order valence-corrected chi connectivity index (χ4v) is 2.95. The Bertz CT molecular complexity index is 515. The van der Waals surface area contributed by atoms with Gasteiger partial charge in [-0.05, 0) is 47.9 Å². The van der Waals surface area contributed by atoms with Gasteiger partial charge in [-0.25, -0.2) is 0 Å². The molecule has 0 aliphatic carbocycles. The zero-order valence-corrected chi connectivity index (χ0v) is 12.3. The van der Waals surface area contributed by atoms with Crippen molar-refractivity contribution in [3.05, 3.63) is 46.8 Å². The van der Waals surface area contributed by atoms with Gasteiger partial charge in [0.15, 0.2) is 0 Å². The molecule has 0 spiro atoms. The summed E-state index contributed by atoms with van der Waals surface area (Å²) in [6.07, 6.45) is 0. The fraction of sp³-hybridized carbons (Fsp3) is 0.375. The van der Waals surface area contributed by atoms with E-state index in [4.69, 9.17) is 5.73 Å². The highest BCUT2D eigenvalue weighted by molar-refractivity contribution is 7.13. The van der Waals surface area contributed by atoms with E-state index in [1.807, 2.05) is 13.8 Å². The lowest BCUT2D eigenvalue weighted by Gasteiger charge is -2.16. The maximum Gasteiger partial charge on any atom is 0.0360 e. The van der Waals surface area contributed by atoms with E-state index in [9.17, 15) is 0 Å². The van der Waals surface area contributed by atoms with Crippen molar-refractivity contribution in [2.45, 2.75) is 39.2 Å². The van der Waals surface area contributed by atoms with Crippen LogP contribution in [0.15, 0.2) is 35.7 Å². The molecule has 2 N–H and O–H groups in total. The van der Waals surface area contributed by atoms with E-state index in [-0.39, 0.29) is 5.54 Å². The summed E-state index contributed by atoms with van der Waals surface area (Å²) in [5.41, 5.74) is 9.73. The van der Waals surface area contributed by atoms with E-state index >= 15 is 0 Å². The van der Waals surface area contributed by atoms with Crippen LogP contribution in [0, 0.1) is 0 Å². The van der Waals surface area contributed by atoms with Crippen LogP contribution in [0.2, 0.25) is 0 Å². The SMILES string of the molecule is CC(C)c1ccc(-c2cc(C(C)(C)N)cs2)cc1. The third-order valence-electron chi connectivity index (χ3n) is 3.21. The van der Waals surface area contributed by atoms with Crippen LogP contribution in [0.25, 0.3) is 10.4 Å². The van der Waals surface area contributed by atoms with Crippen LogP contribution in [0.3, 0.4) is 0 Å². The zero-order valence-electron chi connectivity index (χ0n) is 11.5. The van der Waals surface area contributed by atoms with Gasteiger partial charge in [-0.3, -0.25) is 0 Å². The van der Waals surface area contributed by atoms with Crippen LogP contribution < -0.4 is 5.73 Å². The quantitative estimate of drug-likeness (QED) is 0.847. The van der Waals surface area contributed by atoms with Crippen molar-refractivity contribution in [3.63, 3.8) is 0 Å². The summed E-state index contributed by atoms with van der Waals surface area (Å²) in [6, 6.07) is 11.0. The molecule has 0 bridgehead atoms. The minimum absolute atomic E-state index is 0.257. The van der Waals surface area contributed by atoms with Gasteiger partial charge in [0.05, 0.1) is 0 Å². The normalized spacial score (nSPS) is 12.1. The van der Waals surface area contributed by atoms with Crippen molar-refractivity contribution in [2.24, 2.45) is 5.73 Å². The Balaban J connectivity index is 2.29. The van der Waals surface area contributed by atoms with E-state index in [0.717, 1.165) is 0 Å². The molecule has 1 heterocycles. The van der Waals surface area contributed by atoms with E-state index < -0.39 is 0 Å². The molecule has 2 aromatic rings.